The normalized spacial score (nSPS) is 13.7. The number of benzene rings is 1. The van der Waals surface area contributed by atoms with Crippen molar-refractivity contribution < 1.29 is 19.1 Å². The zero-order valence-corrected chi connectivity index (χ0v) is 23.3. The molecule has 3 amide bonds. The first-order valence-electron chi connectivity index (χ1n) is 11.7. The summed E-state index contributed by atoms with van der Waals surface area (Å²) in [7, 11) is 0. The topological polar surface area (TPSA) is 87.7 Å². The maximum absolute atomic E-state index is 13.9. The van der Waals surface area contributed by atoms with Gasteiger partial charge in [-0.1, -0.05) is 29.8 Å². The summed E-state index contributed by atoms with van der Waals surface area (Å²) in [4.78, 5) is 41.6. The summed E-state index contributed by atoms with van der Waals surface area (Å²) in [5.41, 5.74) is 0.557. The standard InChI is InChI=1S/C26H43N3O4S/c1-17(2)29(23(31)20(14-15-34-10)27-24(32)33-26(7,8)9)21(22(30)28-25(4,5)6)19-13-11-12-18(3)16-19/h11-13,16-17,20-21H,14-15H2,1-10H3,(H,27,32)(H,28,30). The van der Waals surface area contributed by atoms with Gasteiger partial charge in [-0.05, 0) is 86.3 Å². The molecular weight excluding hydrogens is 450 g/mol. The summed E-state index contributed by atoms with van der Waals surface area (Å²) in [5, 5.41) is 5.78. The number of alkyl carbamates (subject to hydrolysis) is 1. The van der Waals surface area contributed by atoms with Gasteiger partial charge in [0.25, 0.3) is 0 Å². The summed E-state index contributed by atoms with van der Waals surface area (Å²) in [6.45, 7) is 16.8. The zero-order chi connectivity index (χ0) is 26.3. The van der Waals surface area contributed by atoms with E-state index in [-0.39, 0.29) is 17.9 Å². The highest BCUT2D eigenvalue weighted by Gasteiger charge is 2.38. The van der Waals surface area contributed by atoms with Crippen molar-refractivity contribution in [2.75, 3.05) is 12.0 Å². The fraction of sp³-hybridized carbons (Fsp3) is 0.654. The number of rotatable bonds is 9. The maximum Gasteiger partial charge on any atom is 0.408 e. The van der Waals surface area contributed by atoms with E-state index < -0.39 is 29.3 Å². The summed E-state index contributed by atoms with van der Waals surface area (Å²) in [6, 6.07) is 5.67. The van der Waals surface area contributed by atoms with Crippen LogP contribution in [0.5, 0.6) is 0 Å². The van der Waals surface area contributed by atoms with Crippen LogP contribution in [0.15, 0.2) is 24.3 Å². The predicted octanol–water partition coefficient (Wildman–Crippen LogP) is 4.83. The molecule has 1 rings (SSSR count). The molecule has 0 aromatic heterocycles. The molecule has 0 bridgehead atoms. The van der Waals surface area contributed by atoms with E-state index in [0.717, 1.165) is 11.1 Å². The molecular formula is C26H43N3O4S. The number of aryl methyl sites for hydroxylation is 1. The Hall–Kier alpha value is -2.22. The Morgan fingerprint density at radius 3 is 2.18 bits per heavy atom. The molecule has 7 nitrogen and oxygen atoms in total. The van der Waals surface area contributed by atoms with Crippen molar-refractivity contribution >= 4 is 29.7 Å². The van der Waals surface area contributed by atoms with Gasteiger partial charge in [0.15, 0.2) is 0 Å². The van der Waals surface area contributed by atoms with Crippen molar-refractivity contribution in [3.05, 3.63) is 35.4 Å². The highest BCUT2D eigenvalue weighted by atomic mass is 32.2. The quantitative estimate of drug-likeness (QED) is 0.514. The van der Waals surface area contributed by atoms with Crippen LogP contribution in [0.2, 0.25) is 0 Å². The number of amides is 3. The van der Waals surface area contributed by atoms with E-state index in [2.05, 4.69) is 10.6 Å². The van der Waals surface area contributed by atoms with E-state index in [9.17, 15) is 14.4 Å². The molecule has 0 radical (unpaired) electrons. The van der Waals surface area contributed by atoms with Gasteiger partial charge in [-0.25, -0.2) is 4.79 Å². The van der Waals surface area contributed by atoms with Crippen molar-refractivity contribution in [1.29, 1.82) is 0 Å². The number of thioether (sulfide) groups is 1. The molecule has 2 N–H and O–H groups in total. The molecule has 0 heterocycles. The van der Waals surface area contributed by atoms with Gasteiger partial charge in [0.2, 0.25) is 11.8 Å². The Bertz CT molecular complexity index is 843. The molecule has 0 fully saturated rings. The molecule has 2 atom stereocenters. The lowest BCUT2D eigenvalue weighted by Gasteiger charge is -2.38. The van der Waals surface area contributed by atoms with Crippen molar-refractivity contribution in [3.63, 3.8) is 0 Å². The molecule has 34 heavy (non-hydrogen) atoms. The van der Waals surface area contributed by atoms with Crippen molar-refractivity contribution in [2.45, 2.75) is 98.0 Å². The van der Waals surface area contributed by atoms with Gasteiger partial charge in [0.1, 0.15) is 17.7 Å². The molecule has 0 aliphatic rings. The zero-order valence-electron chi connectivity index (χ0n) is 22.4. The summed E-state index contributed by atoms with van der Waals surface area (Å²) >= 11 is 1.59. The van der Waals surface area contributed by atoms with Gasteiger partial charge in [0.05, 0.1) is 0 Å². The average Bonchev–Trinajstić information content (AvgIpc) is 2.65. The number of nitrogens with zero attached hydrogens (tertiary/aromatic N) is 1. The minimum Gasteiger partial charge on any atom is -0.444 e. The fourth-order valence-electron chi connectivity index (χ4n) is 3.52. The highest BCUT2D eigenvalue weighted by molar-refractivity contribution is 7.98. The second-order valence-corrected chi connectivity index (χ2v) is 11.9. The molecule has 0 aliphatic heterocycles. The summed E-state index contributed by atoms with van der Waals surface area (Å²) in [5.74, 6) is 0.0908. The summed E-state index contributed by atoms with van der Waals surface area (Å²) in [6.07, 6.45) is 1.72. The number of ether oxygens (including phenoxy) is 1. The van der Waals surface area contributed by atoms with Crippen LogP contribution < -0.4 is 10.6 Å². The lowest BCUT2D eigenvalue weighted by molar-refractivity contribution is -0.145. The van der Waals surface area contributed by atoms with E-state index >= 15 is 0 Å². The molecule has 1 aromatic rings. The van der Waals surface area contributed by atoms with Crippen LogP contribution in [0, 0.1) is 6.92 Å². The van der Waals surface area contributed by atoms with Crippen LogP contribution >= 0.6 is 11.8 Å². The molecule has 0 aliphatic carbocycles. The second kappa shape index (κ2) is 12.5. The molecule has 8 heteroatoms. The van der Waals surface area contributed by atoms with Gasteiger partial charge < -0.3 is 20.3 Å². The first-order chi connectivity index (χ1) is 15.6. The molecule has 0 saturated heterocycles. The fourth-order valence-corrected chi connectivity index (χ4v) is 3.99. The van der Waals surface area contributed by atoms with Crippen molar-refractivity contribution in [1.82, 2.24) is 15.5 Å². The van der Waals surface area contributed by atoms with Crippen LogP contribution in [0.4, 0.5) is 4.79 Å². The Labute approximate surface area is 209 Å². The SMILES string of the molecule is CSCCC(NC(=O)OC(C)(C)C)C(=O)N(C(C)C)C(C(=O)NC(C)(C)C)c1cccc(C)c1. The molecule has 2 unspecified atom stereocenters. The molecule has 0 spiro atoms. The van der Waals surface area contributed by atoms with Gasteiger partial charge >= 0.3 is 6.09 Å². The minimum atomic E-state index is -0.844. The van der Waals surface area contributed by atoms with Crippen LogP contribution in [0.3, 0.4) is 0 Å². The van der Waals surface area contributed by atoms with Gasteiger partial charge in [-0.2, -0.15) is 11.8 Å². The predicted molar refractivity (Wildman–Crippen MR) is 140 cm³/mol. The van der Waals surface area contributed by atoms with E-state index in [1.54, 1.807) is 37.4 Å². The highest BCUT2D eigenvalue weighted by Crippen LogP contribution is 2.27. The largest absolute Gasteiger partial charge is 0.444 e. The Kier molecular flexibility index (Phi) is 10.9. The third-order valence-corrected chi connectivity index (χ3v) is 5.44. The number of nitrogens with one attached hydrogen (secondary N) is 2. The number of carbonyl (C=O) groups is 3. The Balaban J connectivity index is 3.45. The second-order valence-electron chi connectivity index (χ2n) is 10.9. The minimum absolute atomic E-state index is 0.263. The van der Waals surface area contributed by atoms with E-state index in [1.807, 2.05) is 72.1 Å². The average molecular weight is 494 g/mol. The Morgan fingerprint density at radius 1 is 1.09 bits per heavy atom. The lowest BCUT2D eigenvalue weighted by atomic mass is 9.98. The summed E-state index contributed by atoms with van der Waals surface area (Å²) < 4.78 is 5.41. The van der Waals surface area contributed by atoms with Crippen LogP contribution in [-0.2, 0) is 14.3 Å². The van der Waals surface area contributed by atoms with Crippen molar-refractivity contribution in [3.8, 4) is 0 Å². The molecule has 0 saturated carbocycles. The number of hydrogen-bond donors (Lipinski definition) is 2. The van der Waals surface area contributed by atoms with E-state index in [0.29, 0.717) is 12.2 Å². The number of hydrogen-bond acceptors (Lipinski definition) is 5. The third kappa shape index (κ3) is 9.95. The monoisotopic (exact) mass is 493 g/mol. The lowest BCUT2D eigenvalue weighted by Crippen LogP contribution is -2.56. The number of carbonyl (C=O) groups excluding carboxylic acids is 3. The first kappa shape index (κ1) is 29.8. The third-order valence-electron chi connectivity index (χ3n) is 4.79. The van der Waals surface area contributed by atoms with Gasteiger partial charge in [0, 0.05) is 11.6 Å². The molecule has 192 valence electrons. The first-order valence-corrected chi connectivity index (χ1v) is 13.1. The van der Waals surface area contributed by atoms with Gasteiger partial charge in [-0.15, -0.1) is 0 Å². The maximum atomic E-state index is 13.9. The molecule has 1 aromatic carbocycles. The van der Waals surface area contributed by atoms with Crippen molar-refractivity contribution in [2.24, 2.45) is 0 Å². The van der Waals surface area contributed by atoms with E-state index in [1.165, 1.54) is 0 Å². The Morgan fingerprint density at radius 2 is 1.71 bits per heavy atom. The van der Waals surface area contributed by atoms with Crippen LogP contribution in [-0.4, -0.2) is 58.0 Å². The van der Waals surface area contributed by atoms with Crippen LogP contribution in [0.1, 0.15) is 79.0 Å². The smallest absolute Gasteiger partial charge is 0.408 e. The van der Waals surface area contributed by atoms with Gasteiger partial charge in [-0.3, -0.25) is 9.59 Å². The van der Waals surface area contributed by atoms with Crippen LogP contribution in [0.25, 0.3) is 0 Å². The van der Waals surface area contributed by atoms with E-state index in [4.69, 9.17) is 4.74 Å².